The van der Waals surface area contributed by atoms with Crippen molar-refractivity contribution in [1.29, 1.82) is 0 Å². The number of nitro groups is 1. The molecular formula is C11H13IN2O3. The molecule has 0 spiro atoms. The Labute approximate surface area is 113 Å². The van der Waals surface area contributed by atoms with E-state index in [1.165, 1.54) is 0 Å². The third kappa shape index (κ3) is 3.29. The van der Waals surface area contributed by atoms with Gasteiger partial charge in [-0.1, -0.05) is 0 Å². The summed E-state index contributed by atoms with van der Waals surface area (Å²) in [5.74, 6) is 0. The van der Waals surface area contributed by atoms with E-state index >= 15 is 0 Å². The summed E-state index contributed by atoms with van der Waals surface area (Å²) in [6, 6.07) is 5.36. The van der Waals surface area contributed by atoms with Crippen molar-refractivity contribution < 1.29 is 9.66 Å². The number of nitrogens with one attached hydrogen (secondary N) is 1. The second-order valence-corrected chi connectivity index (χ2v) is 5.22. The number of nitrogens with zero attached hydrogens (tertiary/aromatic N) is 1. The third-order valence-corrected chi connectivity index (χ3v) is 3.35. The maximum Gasteiger partial charge on any atom is 0.293 e. The standard InChI is InChI=1S/C11H13IN2O3/c12-8-3-4-10(11(6-8)14(15)16)13-9-2-1-5-17-7-9/h3-4,6,9,13H,1-2,5,7H2. The van der Waals surface area contributed by atoms with Gasteiger partial charge in [-0.3, -0.25) is 10.1 Å². The molecule has 6 heteroatoms. The topological polar surface area (TPSA) is 64.4 Å². The van der Waals surface area contributed by atoms with Gasteiger partial charge in [0.1, 0.15) is 5.69 Å². The Kier molecular flexibility index (Phi) is 4.16. The second kappa shape index (κ2) is 5.63. The highest BCUT2D eigenvalue weighted by atomic mass is 127. The fraction of sp³-hybridized carbons (Fsp3) is 0.455. The summed E-state index contributed by atoms with van der Waals surface area (Å²) in [5.41, 5.74) is 0.702. The van der Waals surface area contributed by atoms with Gasteiger partial charge in [0, 0.05) is 22.3 Å². The van der Waals surface area contributed by atoms with Crippen molar-refractivity contribution >= 4 is 34.0 Å². The Morgan fingerprint density at radius 3 is 3.00 bits per heavy atom. The molecule has 17 heavy (non-hydrogen) atoms. The molecule has 1 fully saturated rings. The normalized spacial score (nSPS) is 19.9. The minimum atomic E-state index is -0.353. The molecule has 0 radical (unpaired) electrons. The number of nitro benzene ring substituents is 1. The van der Waals surface area contributed by atoms with Crippen molar-refractivity contribution in [3.63, 3.8) is 0 Å². The molecule has 0 aliphatic carbocycles. The zero-order chi connectivity index (χ0) is 12.3. The van der Waals surface area contributed by atoms with Gasteiger partial charge >= 0.3 is 0 Å². The maximum atomic E-state index is 10.9. The number of hydrogen-bond donors (Lipinski definition) is 1. The molecule has 0 bridgehead atoms. The van der Waals surface area contributed by atoms with E-state index in [1.807, 2.05) is 6.07 Å². The lowest BCUT2D eigenvalue weighted by Crippen LogP contribution is -2.30. The number of hydrogen-bond acceptors (Lipinski definition) is 4. The van der Waals surface area contributed by atoms with Crippen molar-refractivity contribution in [2.45, 2.75) is 18.9 Å². The van der Waals surface area contributed by atoms with Gasteiger partial charge in [0.2, 0.25) is 0 Å². The Bertz CT molecular complexity index is 419. The van der Waals surface area contributed by atoms with Crippen LogP contribution in [-0.4, -0.2) is 24.2 Å². The number of halogens is 1. The van der Waals surface area contributed by atoms with E-state index in [0.29, 0.717) is 12.3 Å². The van der Waals surface area contributed by atoms with Crippen LogP contribution in [0.25, 0.3) is 0 Å². The summed E-state index contributed by atoms with van der Waals surface area (Å²) in [6.07, 6.45) is 1.99. The number of ether oxygens (including phenoxy) is 1. The lowest BCUT2D eigenvalue weighted by molar-refractivity contribution is -0.384. The molecule has 1 aromatic carbocycles. The summed E-state index contributed by atoms with van der Waals surface area (Å²) in [4.78, 5) is 10.6. The fourth-order valence-electron chi connectivity index (χ4n) is 1.85. The molecule has 92 valence electrons. The molecule has 1 aliphatic rings. The molecule has 1 atom stereocenters. The Morgan fingerprint density at radius 2 is 2.35 bits per heavy atom. The predicted molar refractivity (Wildman–Crippen MR) is 73.3 cm³/mol. The van der Waals surface area contributed by atoms with Crippen LogP contribution in [0.5, 0.6) is 0 Å². The molecule has 0 amide bonds. The highest BCUT2D eigenvalue weighted by Crippen LogP contribution is 2.27. The first-order chi connectivity index (χ1) is 8.16. The first-order valence-corrected chi connectivity index (χ1v) is 6.53. The van der Waals surface area contributed by atoms with Crippen LogP contribution in [0.3, 0.4) is 0 Å². The van der Waals surface area contributed by atoms with Crippen LogP contribution in [0.1, 0.15) is 12.8 Å². The average Bonchev–Trinajstić information content (AvgIpc) is 2.32. The zero-order valence-electron chi connectivity index (χ0n) is 9.19. The van der Waals surface area contributed by atoms with Crippen molar-refractivity contribution in [3.05, 3.63) is 31.9 Å². The van der Waals surface area contributed by atoms with Crippen LogP contribution in [-0.2, 0) is 4.74 Å². The molecule has 0 aromatic heterocycles. The second-order valence-electron chi connectivity index (χ2n) is 3.98. The minimum Gasteiger partial charge on any atom is -0.379 e. The lowest BCUT2D eigenvalue weighted by Gasteiger charge is -2.23. The van der Waals surface area contributed by atoms with E-state index in [1.54, 1.807) is 12.1 Å². The molecule has 1 N–H and O–H groups in total. The number of benzene rings is 1. The van der Waals surface area contributed by atoms with E-state index in [4.69, 9.17) is 4.74 Å². The molecule has 2 rings (SSSR count). The highest BCUT2D eigenvalue weighted by molar-refractivity contribution is 14.1. The maximum absolute atomic E-state index is 10.9. The molecule has 1 aliphatic heterocycles. The fourth-order valence-corrected chi connectivity index (χ4v) is 2.33. The molecular weight excluding hydrogens is 335 g/mol. The smallest absolute Gasteiger partial charge is 0.293 e. The molecule has 1 unspecified atom stereocenters. The van der Waals surface area contributed by atoms with Gasteiger partial charge in [-0.2, -0.15) is 0 Å². The van der Waals surface area contributed by atoms with Crippen LogP contribution in [0.15, 0.2) is 18.2 Å². The van der Waals surface area contributed by atoms with Crippen molar-refractivity contribution in [1.82, 2.24) is 0 Å². The molecule has 1 aromatic rings. The Balaban J connectivity index is 2.16. The van der Waals surface area contributed by atoms with Crippen LogP contribution in [0.4, 0.5) is 11.4 Å². The van der Waals surface area contributed by atoms with E-state index in [9.17, 15) is 10.1 Å². The van der Waals surface area contributed by atoms with Crippen molar-refractivity contribution in [2.24, 2.45) is 0 Å². The molecule has 0 saturated carbocycles. The highest BCUT2D eigenvalue weighted by Gasteiger charge is 2.19. The van der Waals surface area contributed by atoms with E-state index in [2.05, 4.69) is 27.9 Å². The van der Waals surface area contributed by atoms with Crippen LogP contribution < -0.4 is 5.32 Å². The van der Waals surface area contributed by atoms with Gasteiger partial charge in [-0.15, -0.1) is 0 Å². The van der Waals surface area contributed by atoms with Gasteiger partial charge in [0.05, 0.1) is 11.5 Å². The SMILES string of the molecule is O=[N+]([O-])c1cc(I)ccc1NC1CCCOC1. The summed E-state index contributed by atoms with van der Waals surface area (Å²) < 4.78 is 6.21. The van der Waals surface area contributed by atoms with Gasteiger partial charge in [0.25, 0.3) is 5.69 Å². The van der Waals surface area contributed by atoms with E-state index in [0.717, 1.165) is 23.0 Å². The van der Waals surface area contributed by atoms with Gasteiger partial charge in [-0.25, -0.2) is 0 Å². The monoisotopic (exact) mass is 348 g/mol. The molecule has 5 nitrogen and oxygen atoms in total. The quantitative estimate of drug-likeness (QED) is 0.518. The summed E-state index contributed by atoms with van der Waals surface area (Å²) in [6.45, 7) is 1.40. The average molecular weight is 348 g/mol. The van der Waals surface area contributed by atoms with Gasteiger partial charge < -0.3 is 10.1 Å². The Morgan fingerprint density at radius 1 is 1.53 bits per heavy atom. The lowest BCUT2D eigenvalue weighted by atomic mass is 10.1. The number of anilines is 1. The zero-order valence-corrected chi connectivity index (χ0v) is 11.3. The first kappa shape index (κ1) is 12.6. The number of rotatable bonds is 3. The van der Waals surface area contributed by atoms with Crippen LogP contribution in [0, 0.1) is 13.7 Å². The van der Waals surface area contributed by atoms with Gasteiger partial charge in [0.15, 0.2) is 0 Å². The first-order valence-electron chi connectivity index (χ1n) is 5.45. The van der Waals surface area contributed by atoms with Crippen LogP contribution in [0.2, 0.25) is 0 Å². The molecule has 1 saturated heterocycles. The summed E-state index contributed by atoms with van der Waals surface area (Å²) in [7, 11) is 0. The van der Waals surface area contributed by atoms with Crippen molar-refractivity contribution in [3.8, 4) is 0 Å². The molecule has 1 heterocycles. The summed E-state index contributed by atoms with van der Waals surface area (Å²) >= 11 is 2.07. The Hall–Kier alpha value is -0.890. The third-order valence-electron chi connectivity index (χ3n) is 2.68. The van der Waals surface area contributed by atoms with Crippen LogP contribution >= 0.6 is 22.6 Å². The predicted octanol–water partition coefficient (Wildman–Crippen LogP) is 2.79. The van der Waals surface area contributed by atoms with E-state index < -0.39 is 0 Å². The van der Waals surface area contributed by atoms with E-state index in [-0.39, 0.29) is 16.7 Å². The largest absolute Gasteiger partial charge is 0.379 e. The van der Waals surface area contributed by atoms with Crippen molar-refractivity contribution in [2.75, 3.05) is 18.5 Å². The minimum absolute atomic E-state index is 0.127. The van der Waals surface area contributed by atoms with Gasteiger partial charge in [-0.05, 0) is 47.6 Å². The summed E-state index contributed by atoms with van der Waals surface area (Å²) in [5, 5.41) is 14.1.